The average molecular weight is 466 g/mol. The van der Waals surface area contributed by atoms with Crippen molar-refractivity contribution in [2.45, 2.75) is 30.8 Å². The third-order valence-electron chi connectivity index (χ3n) is 5.34. The van der Waals surface area contributed by atoms with E-state index < -0.39 is 34.5 Å². The minimum absolute atomic E-state index is 0.0732. The van der Waals surface area contributed by atoms with E-state index >= 15 is 0 Å². The zero-order valence-electron chi connectivity index (χ0n) is 18.1. The number of hydrogen-bond acceptors (Lipinski definition) is 6. The molecule has 0 aliphatic carbocycles. The van der Waals surface area contributed by atoms with Crippen molar-refractivity contribution >= 4 is 38.5 Å². The third kappa shape index (κ3) is 4.73. The fourth-order valence-electron chi connectivity index (χ4n) is 3.72. The maximum absolute atomic E-state index is 12.4. The van der Waals surface area contributed by atoms with Gasteiger partial charge in [-0.05, 0) is 42.3 Å². The van der Waals surface area contributed by atoms with E-state index in [9.17, 15) is 18.0 Å². The van der Waals surface area contributed by atoms with Crippen LogP contribution in [-0.2, 0) is 24.3 Å². The van der Waals surface area contributed by atoms with E-state index in [1.807, 2.05) is 49.4 Å². The fourth-order valence-corrected chi connectivity index (χ4v) is 4.96. The second-order valence-corrected chi connectivity index (χ2v) is 9.37. The van der Waals surface area contributed by atoms with E-state index in [0.717, 1.165) is 16.3 Å². The molecule has 2 N–H and O–H groups in total. The van der Waals surface area contributed by atoms with Gasteiger partial charge in [-0.25, -0.2) is 13.2 Å². The van der Waals surface area contributed by atoms with E-state index in [0.29, 0.717) is 5.56 Å². The number of carbonyl (C=O) groups is 2. The molecule has 3 aromatic carbocycles. The summed E-state index contributed by atoms with van der Waals surface area (Å²) in [7, 11) is -3.70. The van der Waals surface area contributed by atoms with Gasteiger partial charge in [-0.3, -0.25) is 14.5 Å². The van der Waals surface area contributed by atoms with Crippen LogP contribution >= 0.6 is 0 Å². The molecule has 0 bridgehead atoms. The summed E-state index contributed by atoms with van der Waals surface area (Å²) in [6, 6.07) is 18.8. The number of amidine groups is 1. The Morgan fingerprint density at radius 3 is 2.52 bits per heavy atom. The van der Waals surface area contributed by atoms with Gasteiger partial charge in [0.15, 0.2) is 6.61 Å². The van der Waals surface area contributed by atoms with Crippen molar-refractivity contribution in [3.63, 3.8) is 0 Å². The molecular weight excluding hydrogens is 442 g/mol. The highest BCUT2D eigenvalue weighted by Gasteiger charge is 2.31. The van der Waals surface area contributed by atoms with Crippen LogP contribution in [0.3, 0.4) is 0 Å². The van der Waals surface area contributed by atoms with Gasteiger partial charge in [-0.2, -0.15) is 0 Å². The average Bonchev–Trinajstić information content (AvgIpc) is 3.06. The first-order chi connectivity index (χ1) is 15.8. The molecule has 170 valence electrons. The SMILES string of the molecule is CC(NC(=O)COC(=O)[C@H](C)N=C1NS(=O)(=O)c2ccccc21)c1cccc2ccccc12. The summed E-state index contributed by atoms with van der Waals surface area (Å²) in [4.78, 5) is 29.0. The molecule has 0 saturated carbocycles. The molecule has 0 radical (unpaired) electrons. The monoisotopic (exact) mass is 465 g/mol. The molecular formula is C24H23N3O5S. The minimum Gasteiger partial charge on any atom is -0.454 e. The van der Waals surface area contributed by atoms with Crippen molar-refractivity contribution in [1.82, 2.24) is 10.0 Å². The molecule has 1 amide bonds. The number of nitrogens with one attached hydrogen (secondary N) is 2. The van der Waals surface area contributed by atoms with Crippen LogP contribution in [0, 0.1) is 0 Å². The highest BCUT2D eigenvalue weighted by Crippen LogP contribution is 2.24. The highest BCUT2D eigenvalue weighted by molar-refractivity contribution is 7.90. The zero-order chi connectivity index (χ0) is 23.6. The molecule has 0 spiro atoms. The van der Waals surface area contributed by atoms with Crippen molar-refractivity contribution < 1.29 is 22.7 Å². The summed E-state index contributed by atoms with van der Waals surface area (Å²) in [6.45, 7) is 2.87. The van der Waals surface area contributed by atoms with Crippen molar-refractivity contribution in [3.8, 4) is 0 Å². The number of amides is 1. The first kappa shape index (κ1) is 22.5. The van der Waals surface area contributed by atoms with Crippen molar-refractivity contribution in [3.05, 3.63) is 77.9 Å². The topological polar surface area (TPSA) is 114 Å². The number of benzene rings is 3. The lowest BCUT2D eigenvalue weighted by Crippen LogP contribution is -2.33. The Labute approximate surface area is 191 Å². The lowest BCUT2D eigenvalue weighted by Gasteiger charge is -2.17. The third-order valence-corrected chi connectivity index (χ3v) is 6.74. The summed E-state index contributed by atoms with van der Waals surface area (Å²) in [5, 5.41) is 4.94. The van der Waals surface area contributed by atoms with E-state index in [1.54, 1.807) is 18.2 Å². The van der Waals surface area contributed by atoms with Crippen molar-refractivity contribution in [2.75, 3.05) is 6.61 Å². The first-order valence-corrected chi connectivity index (χ1v) is 11.9. The summed E-state index contributed by atoms with van der Waals surface area (Å²) in [5.41, 5.74) is 1.35. The van der Waals surface area contributed by atoms with Gasteiger partial charge in [0.05, 0.1) is 10.9 Å². The number of rotatable bonds is 6. The molecule has 4 rings (SSSR count). The van der Waals surface area contributed by atoms with Crippen LogP contribution in [0.4, 0.5) is 0 Å². The lowest BCUT2D eigenvalue weighted by atomic mass is 10.00. The number of esters is 1. The van der Waals surface area contributed by atoms with Crippen LogP contribution in [0.5, 0.6) is 0 Å². The van der Waals surface area contributed by atoms with Crippen LogP contribution in [-0.4, -0.2) is 38.8 Å². The number of ether oxygens (including phenoxy) is 1. The smallest absolute Gasteiger partial charge is 0.331 e. The molecule has 0 saturated heterocycles. The predicted molar refractivity (Wildman–Crippen MR) is 124 cm³/mol. The maximum Gasteiger partial charge on any atom is 0.331 e. The molecule has 9 heteroatoms. The van der Waals surface area contributed by atoms with Gasteiger partial charge in [0, 0.05) is 5.56 Å². The molecule has 8 nitrogen and oxygen atoms in total. The summed E-state index contributed by atoms with van der Waals surface area (Å²) >= 11 is 0. The number of fused-ring (bicyclic) bond motifs is 2. The maximum atomic E-state index is 12.4. The van der Waals surface area contributed by atoms with E-state index in [-0.39, 0.29) is 16.8 Å². The molecule has 1 aliphatic rings. The van der Waals surface area contributed by atoms with Gasteiger partial charge >= 0.3 is 5.97 Å². The lowest BCUT2D eigenvalue weighted by molar-refractivity contribution is -0.149. The largest absolute Gasteiger partial charge is 0.454 e. The number of carbonyl (C=O) groups excluding carboxylic acids is 2. The van der Waals surface area contributed by atoms with Gasteiger partial charge in [-0.1, -0.05) is 54.6 Å². The second kappa shape index (κ2) is 9.03. The van der Waals surface area contributed by atoms with Crippen molar-refractivity contribution in [2.24, 2.45) is 4.99 Å². The van der Waals surface area contributed by atoms with Crippen molar-refractivity contribution in [1.29, 1.82) is 0 Å². The van der Waals surface area contributed by atoms with Gasteiger partial charge < -0.3 is 10.1 Å². The molecule has 0 fully saturated rings. The Morgan fingerprint density at radius 2 is 1.70 bits per heavy atom. The quantitative estimate of drug-likeness (QED) is 0.544. The molecule has 33 heavy (non-hydrogen) atoms. The summed E-state index contributed by atoms with van der Waals surface area (Å²) < 4.78 is 31.8. The zero-order valence-corrected chi connectivity index (χ0v) is 18.9. The highest BCUT2D eigenvalue weighted by atomic mass is 32.2. The Morgan fingerprint density at radius 1 is 1.00 bits per heavy atom. The fraction of sp³-hybridized carbons (Fsp3) is 0.208. The molecule has 1 unspecified atom stereocenters. The predicted octanol–water partition coefficient (Wildman–Crippen LogP) is 2.69. The molecule has 0 aromatic heterocycles. The van der Waals surface area contributed by atoms with Crippen LogP contribution in [0.25, 0.3) is 10.8 Å². The molecule has 1 aliphatic heterocycles. The van der Waals surface area contributed by atoms with E-state index in [2.05, 4.69) is 15.0 Å². The van der Waals surface area contributed by atoms with Crippen LogP contribution in [0.15, 0.2) is 76.6 Å². The Hall–Kier alpha value is -3.72. The Bertz CT molecular complexity index is 1360. The number of nitrogens with zero attached hydrogens (tertiary/aromatic N) is 1. The second-order valence-electron chi connectivity index (χ2n) is 7.72. The minimum atomic E-state index is -3.70. The number of sulfonamides is 1. The van der Waals surface area contributed by atoms with Gasteiger partial charge in [-0.15, -0.1) is 0 Å². The number of aliphatic imine (C=N–C) groups is 1. The van der Waals surface area contributed by atoms with Gasteiger partial charge in [0.1, 0.15) is 11.9 Å². The normalized spacial score (nSPS) is 17.1. The summed E-state index contributed by atoms with van der Waals surface area (Å²) in [6.07, 6.45) is 0. The summed E-state index contributed by atoms with van der Waals surface area (Å²) in [5.74, 6) is -1.11. The molecule has 1 heterocycles. The van der Waals surface area contributed by atoms with E-state index in [4.69, 9.17) is 4.74 Å². The molecule has 3 aromatic rings. The van der Waals surface area contributed by atoms with Crippen LogP contribution in [0.1, 0.15) is 31.0 Å². The van der Waals surface area contributed by atoms with Crippen LogP contribution in [0.2, 0.25) is 0 Å². The Balaban J connectivity index is 1.37. The van der Waals surface area contributed by atoms with E-state index in [1.165, 1.54) is 13.0 Å². The van der Waals surface area contributed by atoms with Gasteiger partial charge in [0.2, 0.25) is 0 Å². The Kier molecular flexibility index (Phi) is 6.15. The van der Waals surface area contributed by atoms with Crippen LogP contribution < -0.4 is 10.0 Å². The standard InChI is InChI=1S/C24H23N3O5S/c1-15(18-12-7-9-17-8-3-4-10-19(17)18)25-22(28)14-32-24(29)16(2)26-23-20-11-5-6-13-21(20)33(30,31)27-23/h3-13,15-16H,14H2,1-2H3,(H,25,28)(H,26,27)/t15?,16-/m0/s1. The first-order valence-electron chi connectivity index (χ1n) is 10.4. The molecule has 2 atom stereocenters. The number of hydrogen-bond donors (Lipinski definition) is 2. The van der Waals surface area contributed by atoms with Gasteiger partial charge in [0.25, 0.3) is 15.9 Å².